The average Bonchev–Trinajstić information content (AvgIpc) is 2.85. The molecule has 2 aromatic heterocycles. The third-order valence-corrected chi connectivity index (χ3v) is 6.21. The molecular weight excluding hydrogens is 440 g/mol. The first-order chi connectivity index (χ1) is 16.2. The Labute approximate surface area is 198 Å². The monoisotopic (exact) mass is 466 g/mol. The number of morpholine rings is 1. The number of ether oxygens (including phenoxy) is 2. The van der Waals surface area contributed by atoms with Crippen LogP contribution in [-0.4, -0.2) is 64.2 Å². The highest BCUT2D eigenvalue weighted by Gasteiger charge is 2.26. The van der Waals surface area contributed by atoms with Gasteiger partial charge in [-0.2, -0.15) is 0 Å². The van der Waals surface area contributed by atoms with Gasteiger partial charge in [0.2, 0.25) is 11.8 Å². The summed E-state index contributed by atoms with van der Waals surface area (Å²) < 4.78 is 11.5. The Morgan fingerprint density at radius 2 is 1.91 bits per heavy atom. The summed E-state index contributed by atoms with van der Waals surface area (Å²) in [6, 6.07) is 9.35. The minimum atomic E-state index is 0.238. The first-order valence-corrected chi connectivity index (χ1v) is 11.7. The van der Waals surface area contributed by atoms with Crippen molar-refractivity contribution in [3.8, 4) is 11.6 Å². The Morgan fingerprint density at radius 3 is 2.79 bits per heavy atom. The highest BCUT2D eigenvalue weighted by molar-refractivity contribution is 6.30. The lowest BCUT2D eigenvalue weighted by Crippen LogP contribution is -2.38. The van der Waals surface area contributed by atoms with Gasteiger partial charge in [-0.05, 0) is 43.7 Å². The van der Waals surface area contributed by atoms with Crippen molar-refractivity contribution in [3.63, 3.8) is 0 Å². The molecule has 2 saturated heterocycles. The minimum Gasteiger partial charge on any atom is -0.437 e. The fraction of sp³-hybridized carbons (Fsp3) is 0.417. The average molecular weight is 467 g/mol. The van der Waals surface area contributed by atoms with E-state index in [1.165, 1.54) is 0 Å². The van der Waals surface area contributed by atoms with Crippen molar-refractivity contribution in [1.82, 2.24) is 24.8 Å². The molecule has 0 bridgehead atoms. The summed E-state index contributed by atoms with van der Waals surface area (Å²) in [5, 5.41) is 0.628. The number of nitrogens with zero attached hydrogens (tertiary/aromatic N) is 6. The zero-order valence-corrected chi connectivity index (χ0v) is 19.2. The highest BCUT2D eigenvalue weighted by atomic mass is 35.5. The largest absolute Gasteiger partial charge is 0.437 e. The Balaban J connectivity index is 1.28. The molecule has 0 N–H and O–H groups in total. The van der Waals surface area contributed by atoms with E-state index in [4.69, 9.17) is 26.1 Å². The van der Waals surface area contributed by atoms with Gasteiger partial charge in [0.05, 0.1) is 18.9 Å². The minimum absolute atomic E-state index is 0.238. The van der Waals surface area contributed by atoms with Crippen molar-refractivity contribution in [2.45, 2.75) is 25.3 Å². The molecule has 1 aromatic carbocycles. The smallest absolute Gasteiger partial charge is 0.241 e. The van der Waals surface area contributed by atoms with Crippen LogP contribution in [0.4, 0.5) is 5.95 Å². The molecule has 2 aliphatic rings. The van der Waals surface area contributed by atoms with Crippen LogP contribution in [-0.2, 0) is 11.3 Å². The van der Waals surface area contributed by atoms with Gasteiger partial charge in [-0.25, -0.2) is 15.0 Å². The van der Waals surface area contributed by atoms with Gasteiger partial charge in [0.15, 0.2) is 0 Å². The molecule has 2 aliphatic heterocycles. The van der Waals surface area contributed by atoms with E-state index in [1.54, 1.807) is 18.5 Å². The van der Waals surface area contributed by atoms with Crippen LogP contribution >= 0.6 is 11.6 Å². The molecule has 0 amide bonds. The summed E-state index contributed by atoms with van der Waals surface area (Å²) >= 11 is 6.11. The van der Waals surface area contributed by atoms with Crippen LogP contribution in [0.5, 0.6) is 11.6 Å². The normalized spacial score (nSPS) is 19.4. The van der Waals surface area contributed by atoms with E-state index < -0.39 is 0 Å². The molecule has 172 valence electrons. The zero-order chi connectivity index (χ0) is 22.5. The maximum atomic E-state index is 6.11. The number of piperidine rings is 1. The van der Waals surface area contributed by atoms with Gasteiger partial charge >= 0.3 is 0 Å². The second kappa shape index (κ2) is 10.4. The maximum absolute atomic E-state index is 6.11. The van der Waals surface area contributed by atoms with Crippen LogP contribution < -0.4 is 9.64 Å². The van der Waals surface area contributed by atoms with E-state index in [1.807, 2.05) is 30.5 Å². The van der Waals surface area contributed by atoms with Crippen LogP contribution in [0.15, 0.2) is 48.9 Å². The Morgan fingerprint density at radius 1 is 1.03 bits per heavy atom. The maximum Gasteiger partial charge on any atom is 0.241 e. The third kappa shape index (κ3) is 5.58. The van der Waals surface area contributed by atoms with E-state index in [-0.39, 0.29) is 5.92 Å². The van der Waals surface area contributed by atoms with Gasteiger partial charge in [-0.1, -0.05) is 17.7 Å². The number of halogens is 1. The van der Waals surface area contributed by atoms with Gasteiger partial charge < -0.3 is 14.4 Å². The number of anilines is 1. The predicted molar refractivity (Wildman–Crippen MR) is 126 cm³/mol. The first-order valence-electron chi connectivity index (χ1n) is 11.4. The summed E-state index contributed by atoms with van der Waals surface area (Å²) in [6.45, 7) is 5.79. The Hall–Kier alpha value is -2.81. The van der Waals surface area contributed by atoms with Crippen molar-refractivity contribution < 1.29 is 9.47 Å². The lowest BCUT2D eigenvalue weighted by molar-refractivity contribution is 0.122. The quantitative estimate of drug-likeness (QED) is 0.541. The molecule has 1 atom stereocenters. The molecule has 0 spiro atoms. The molecule has 0 unspecified atom stereocenters. The Kier molecular flexibility index (Phi) is 6.95. The van der Waals surface area contributed by atoms with Crippen LogP contribution in [0.1, 0.15) is 30.1 Å². The number of likely N-dealkylation sites (tertiary alicyclic amines) is 1. The number of benzene rings is 1. The molecule has 8 nitrogen and oxygen atoms in total. The van der Waals surface area contributed by atoms with Crippen LogP contribution in [0.3, 0.4) is 0 Å². The standard InChI is InChI=1S/C24H27ClN6O2/c25-19-4-1-5-21(15-19)33-23-22(26-8-9-27-23)18-3-2-10-30(16-18)17-20-6-7-28-24(29-20)31-11-13-32-14-12-31/h1,4-9,15,18H,2-3,10-14,16-17H2/t18-/m1/s1. The summed E-state index contributed by atoms with van der Waals surface area (Å²) in [4.78, 5) is 23.0. The fourth-order valence-corrected chi connectivity index (χ4v) is 4.56. The summed E-state index contributed by atoms with van der Waals surface area (Å²) in [6.07, 6.45) is 7.38. The molecule has 3 aromatic rings. The second-order valence-electron chi connectivity index (χ2n) is 8.33. The Bertz CT molecular complexity index is 1080. The molecule has 0 saturated carbocycles. The first kappa shape index (κ1) is 22.0. The molecule has 33 heavy (non-hydrogen) atoms. The SMILES string of the molecule is Clc1cccc(Oc2nccnc2[C@@H]2CCCN(Cc3ccnc(N4CCOCC4)n3)C2)c1. The van der Waals surface area contributed by atoms with Crippen molar-refractivity contribution in [1.29, 1.82) is 0 Å². The zero-order valence-electron chi connectivity index (χ0n) is 18.4. The number of hydrogen-bond acceptors (Lipinski definition) is 8. The number of rotatable bonds is 6. The fourth-order valence-electron chi connectivity index (χ4n) is 4.38. The molecule has 4 heterocycles. The molecular formula is C24H27ClN6O2. The van der Waals surface area contributed by atoms with Crippen molar-refractivity contribution in [2.24, 2.45) is 0 Å². The van der Waals surface area contributed by atoms with E-state index in [0.717, 1.165) is 76.1 Å². The summed E-state index contributed by atoms with van der Waals surface area (Å²) in [5.41, 5.74) is 1.92. The van der Waals surface area contributed by atoms with E-state index in [0.29, 0.717) is 16.7 Å². The third-order valence-electron chi connectivity index (χ3n) is 5.97. The molecule has 5 rings (SSSR count). The van der Waals surface area contributed by atoms with Gasteiger partial charge in [0, 0.05) is 55.7 Å². The molecule has 9 heteroatoms. The topological polar surface area (TPSA) is 76.5 Å². The van der Waals surface area contributed by atoms with Crippen LogP contribution in [0, 0.1) is 0 Å². The van der Waals surface area contributed by atoms with Crippen molar-refractivity contribution >= 4 is 17.5 Å². The number of hydrogen-bond donors (Lipinski definition) is 0. The lowest BCUT2D eigenvalue weighted by Gasteiger charge is -2.32. The molecule has 0 radical (unpaired) electrons. The summed E-state index contributed by atoms with van der Waals surface area (Å²) in [7, 11) is 0. The van der Waals surface area contributed by atoms with Gasteiger partial charge in [-0.15, -0.1) is 0 Å². The molecule has 2 fully saturated rings. The van der Waals surface area contributed by atoms with Crippen LogP contribution in [0.2, 0.25) is 5.02 Å². The van der Waals surface area contributed by atoms with E-state index in [9.17, 15) is 0 Å². The predicted octanol–water partition coefficient (Wildman–Crippen LogP) is 3.93. The van der Waals surface area contributed by atoms with E-state index >= 15 is 0 Å². The number of aromatic nitrogens is 4. The van der Waals surface area contributed by atoms with Crippen molar-refractivity contribution in [2.75, 3.05) is 44.3 Å². The lowest BCUT2D eigenvalue weighted by atomic mass is 9.94. The van der Waals surface area contributed by atoms with E-state index in [2.05, 4.69) is 24.8 Å². The van der Waals surface area contributed by atoms with Gasteiger partial charge in [0.25, 0.3) is 0 Å². The highest BCUT2D eigenvalue weighted by Crippen LogP contribution is 2.33. The second-order valence-corrected chi connectivity index (χ2v) is 8.76. The van der Waals surface area contributed by atoms with Crippen LogP contribution in [0.25, 0.3) is 0 Å². The van der Waals surface area contributed by atoms with Crippen molar-refractivity contribution in [3.05, 3.63) is 65.3 Å². The summed E-state index contributed by atoms with van der Waals surface area (Å²) in [5.74, 6) is 2.23. The van der Waals surface area contributed by atoms with Gasteiger partial charge in [-0.3, -0.25) is 9.88 Å². The van der Waals surface area contributed by atoms with Gasteiger partial charge in [0.1, 0.15) is 11.4 Å². The molecule has 0 aliphatic carbocycles.